The predicted molar refractivity (Wildman–Crippen MR) is 213 cm³/mol. The highest BCUT2D eigenvalue weighted by molar-refractivity contribution is 6.03. The van der Waals surface area contributed by atoms with Crippen LogP contribution in [0.4, 0.5) is 14.6 Å². The first-order chi connectivity index (χ1) is 27.4. The summed E-state index contributed by atoms with van der Waals surface area (Å²) in [6.07, 6.45) is 10.4. The van der Waals surface area contributed by atoms with Crippen molar-refractivity contribution < 1.29 is 37.9 Å². The van der Waals surface area contributed by atoms with Gasteiger partial charge in [-0.3, -0.25) is 4.90 Å². The minimum atomic E-state index is -1.23. The lowest BCUT2D eigenvalue weighted by Gasteiger charge is -2.62. The first-order valence-corrected chi connectivity index (χ1v) is 20.8. The number of likely N-dealkylation sites (tertiary alicyclic amines) is 1. The summed E-state index contributed by atoms with van der Waals surface area (Å²) in [7, 11) is 1.44. The number of aryl methyl sites for hydroxylation is 1. The Morgan fingerprint density at radius 3 is 2.51 bits per heavy atom. The highest BCUT2D eigenvalue weighted by Gasteiger charge is 2.61. The van der Waals surface area contributed by atoms with Gasteiger partial charge in [0.1, 0.15) is 39.6 Å². The highest BCUT2D eigenvalue weighted by atomic mass is 19.1. The number of nitrogens with zero attached hydrogens (tertiary/aromatic N) is 5. The number of halogens is 2. The molecule has 306 valence electrons. The molecule has 3 aliphatic heterocycles. The second-order valence-corrected chi connectivity index (χ2v) is 18.0. The smallest absolute Gasteiger partial charge is 0.319 e. The lowest BCUT2D eigenvalue weighted by molar-refractivity contribution is -0.154. The van der Waals surface area contributed by atoms with Crippen molar-refractivity contribution in [1.82, 2.24) is 19.9 Å². The average Bonchev–Trinajstić information content (AvgIpc) is 3.43. The minimum Gasteiger partial charge on any atom is -0.508 e. The van der Waals surface area contributed by atoms with Crippen molar-refractivity contribution in [2.75, 3.05) is 64.7 Å². The standard InChI is InChI=1S/C44H55F2N5O6/c1-5-30-32(45)10-9-27-19-29(52)20-31(33(27)30)36-35(46)37-34(39(47-36)54-4)38(50-16-18-56-24-41(2,53)23-50)49-40(48-37)57-26-44-13-6-11-42(44,3)51(15-7-14-44)28-21-43(22-28)12-8-17-55-25-43/h9-10,19-20,28,52-53H,5-8,11-18,21-26H2,1-4H3/t28?,41-,42?,43?,44?/m0/s1. The number of phenols is 1. The fraction of sp³-hybridized carbons (Fsp3) is 0.614. The number of rotatable bonds is 8. The van der Waals surface area contributed by atoms with E-state index >= 15 is 8.78 Å². The summed E-state index contributed by atoms with van der Waals surface area (Å²) in [6, 6.07) is 6.40. The van der Waals surface area contributed by atoms with Gasteiger partial charge >= 0.3 is 6.01 Å². The van der Waals surface area contributed by atoms with Crippen LogP contribution < -0.4 is 14.4 Å². The third-order valence-corrected chi connectivity index (χ3v) is 14.2. The molecular weight excluding hydrogens is 733 g/mol. The van der Waals surface area contributed by atoms with Crippen LogP contribution in [0.3, 0.4) is 0 Å². The Hall–Kier alpha value is -3.91. The number of hydrogen-bond acceptors (Lipinski definition) is 11. The minimum absolute atomic E-state index is 0.0177. The quantitative estimate of drug-likeness (QED) is 0.187. The van der Waals surface area contributed by atoms with Crippen LogP contribution in [0.1, 0.15) is 84.1 Å². The fourth-order valence-corrected chi connectivity index (χ4v) is 11.4. The van der Waals surface area contributed by atoms with Gasteiger partial charge in [0, 0.05) is 35.7 Å². The number of aromatic hydroxyl groups is 1. The van der Waals surface area contributed by atoms with E-state index in [2.05, 4.69) is 16.8 Å². The molecule has 11 nitrogen and oxygen atoms in total. The van der Waals surface area contributed by atoms with Crippen molar-refractivity contribution in [2.45, 2.75) is 102 Å². The molecule has 2 aromatic carbocycles. The Labute approximate surface area is 332 Å². The molecule has 13 heteroatoms. The molecule has 3 saturated heterocycles. The molecule has 2 unspecified atom stereocenters. The van der Waals surface area contributed by atoms with Gasteiger partial charge in [0.25, 0.3) is 0 Å². The molecule has 57 heavy (non-hydrogen) atoms. The second-order valence-electron chi connectivity index (χ2n) is 18.0. The fourth-order valence-electron chi connectivity index (χ4n) is 11.4. The van der Waals surface area contributed by atoms with Crippen LogP contribution in [0.25, 0.3) is 32.9 Å². The van der Waals surface area contributed by atoms with Crippen molar-refractivity contribution in [3.63, 3.8) is 0 Å². The third-order valence-electron chi connectivity index (χ3n) is 14.2. The Morgan fingerprint density at radius 1 is 0.930 bits per heavy atom. The summed E-state index contributed by atoms with van der Waals surface area (Å²) in [6.45, 7) is 10.1. The van der Waals surface area contributed by atoms with Crippen LogP contribution in [0, 0.1) is 22.5 Å². The normalized spacial score (nSPS) is 30.7. The lowest BCUT2D eigenvalue weighted by atomic mass is 9.59. The molecular formula is C44H55F2N5O6. The number of benzene rings is 2. The maximum atomic E-state index is 17.5. The van der Waals surface area contributed by atoms with E-state index in [-0.39, 0.29) is 63.9 Å². The summed E-state index contributed by atoms with van der Waals surface area (Å²) >= 11 is 0. The maximum Gasteiger partial charge on any atom is 0.319 e. The molecule has 0 bridgehead atoms. The van der Waals surface area contributed by atoms with Crippen LogP contribution in [0.2, 0.25) is 0 Å². The monoisotopic (exact) mass is 787 g/mol. The van der Waals surface area contributed by atoms with Crippen molar-refractivity contribution in [3.05, 3.63) is 41.5 Å². The number of aliphatic hydroxyl groups is 1. The van der Waals surface area contributed by atoms with Gasteiger partial charge in [-0.05, 0) is 118 Å². The first kappa shape index (κ1) is 38.6. The van der Waals surface area contributed by atoms with Gasteiger partial charge in [-0.1, -0.05) is 19.4 Å². The zero-order valence-corrected chi connectivity index (χ0v) is 33.6. The van der Waals surface area contributed by atoms with Gasteiger partial charge in [-0.25, -0.2) is 13.8 Å². The van der Waals surface area contributed by atoms with Crippen molar-refractivity contribution in [2.24, 2.45) is 10.8 Å². The number of hydrogen-bond donors (Lipinski definition) is 2. The Balaban J connectivity index is 1.14. The summed E-state index contributed by atoms with van der Waals surface area (Å²) in [5, 5.41) is 23.3. The molecule has 5 heterocycles. The van der Waals surface area contributed by atoms with Crippen molar-refractivity contribution >= 4 is 27.5 Å². The van der Waals surface area contributed by atoms with E-state index < -0.39 is 17.2 Å². The van der Waals surface area contributed by atoms with E-state index in [4.69, 9.17) is 28.9 Å². The lowest BCUT2D eigenvalue weighted by Crippen LogP contribution is -2.67. The molecule has 0 amide bonds. The molecule has 5 fully saturated rings. The summed E-state index contributed by atoms with van der Waals surface area (Å²) in [4.78, 5) is 19.1. The zero-order valence-electron chi connectivity index (χ0n) is 33.6. The molecule has 1 spiro atoms. The number of fused-ring (bicyclic) bond motifs is 3. The number of pyridine rings is 1. The molecule has 4 aromatic rings. The molecule has 2 saturated carbocycles. The van der Waals surface area contributed by atoms with Crippen LogP contribution in [0.5, 0.6) is 17.6 Å². The van der Waals surface area contributed by atoms with E-state index in [0.717, 1.165) is 58.3 Å². The molecule has 0 radical (unpaired) electrons. The van der Waals surface area contributed by atoms with Gasteiger partial charge in [0.05, 0.1) is 40.1 Å². The maximum absolute atomic E-state index is 17.5. The van der Waals surface area contributed by atoms with Crippen LogP contribution >= 0.6 is 0 Å². The number of ether oxygens (including phenoxy) is 4. The van der Waals surface area contributed by atoms with Gasteiger partial charge in [0.2, 0.25) is 5.88 Å². The first-order valence-electron chi connectivity index (χ1n) is 20.8. The second kappa shape index (κ2) is 14.4. The molecule has 3 atom stereocenters. The van der Waals surface area contributed by atoms with Crippen LogP contribution in [-0.4, -0.2) is 107 Å². The Morgan fingerprint density at radius 2 is 1.74 bits per heavy atom. The van der Waals surface area contributed by atoms with Crippen molar-refractivity contribution in [1.29, 1.82) is 0 Å². The number of anilines is 1. The van der Waals surface area contributed by atoms with Crippen molar-refractivity contribution in [3.8, 4) is 28.9 Å². The largest absolute Gasteiger partial charge is 0.508 e. The SMILES string of the molecule is CCc1c(F)ccc2cc(O)cc(-c3nc(OC)c4c(N5CCOC[C@@](C)(O)C5)nc(OCC56CCCN(C7CC8(CCCOC8)C7)C5(C)CCC6)nc4c3F)c12. The zero-order chi connectivity index (χ0) is 39.7. The summed E-state index contributed by atoms with van der Waals surface area (Å²) < 4.78 is 57.1. The number of aromatic nitrogens is 3. The van der Waals surface area contributed by atoms with Crippen LogP contribution in [0.15, 0.2) is 24.3 Å². The molecule has 2 aliphatic carbocycles. The van der Waals surface area contributed by atoms with E-state index in [9.17, 15) is 10.2 Å². The van der Waals surface area contributed by atoms with Crippen LogP contribution in [-0.2, 0) is 15.9 Å². The van der Waals surface area contributed by atoms with E-state index in [1.165, 1.54) is 44.6 Å². The average molecular weight is 788 g/mol. The summed E-state index contributed by atoms with van der Waals surface area (Å²) in [5.74, 6) is -0.975. The Bertz CT molecular complexity index is 2190. The Kier molecular flexibility index (Phi) is 9.77. The van der Waals surface area contributed by atoms with Gasteiger partial charge < -0.3 is 34.1 Å². The number of methoxy groups -OCH3 is 1. The molecule has 5 aliphatic rings. The molecule has 2 N–H and O–H groups in total. The summed E-state index contributed by atoms with van der Waals surface area (Å²) in [5.41, 5.74) is -0.747. The van der Waals surface area contributed by atoms with Gasteiger partial charge in [0.15, 0.2) is 5.82 Å². The highest BCUT2D eigenvalue weighted by Crippen LogP contribution is 2.60. The van der Waals surface area contributed by atoms with E-state index in [1.807, 2.05) is 11.8 Å². The van der Waals surface area contributed by atoms with Gasteiger partial charge in [-0.15, -0.1) is 0 Å². The molecule has 2 aromatic heterocycles. The number of β-amino-alcohol motifs (C(OH)–C–C–N with tert-alkyl or cyclic N) is 1. The van der Waals surface area contributed by atoms with E-state index in [1.54, 1.807) is 13.0 Å². The van der Waals surface area contributed by atoms with Gasteiger partial charge in [-0.2, -0.15) is 9.97 Å². The number of piperidine rings is 1. The number of phenolic OH excluding ortho intramolecular Hbond substituents is 1. The molecule has 9 rings (SSSR count). The third kappa shape index (κ3) is 6.47. The predicted octanol–water partition coefficient (Wildman–Crippen LogP) is 7.35. The topological polar surface area (TPSA) is 123 Å². The van der Waals surface area contributed by atoms with E-state index in [0.29, 0.717) is 59.8 Å².